The van der Waals surface area contributed by atoms with Crippen LogP contribution in [-0.4, -0.2) is 34.0 Å². The van der Waals surface area contributed by atoms with Gasteiger partial charge in [-0.3, -0.25) is 4.90 Å². The highest BCUT2D eigenvalue weighted by Crippen LogP contribution is 2.30. The molecule has 1 unspecified atom stereocenters. The maximum atomic E-state index is 14.2. The maximum absolute atomic E-state index is 14.2. The van der Waals surface area contributed by atoms with Crippen molar-refractivity contribution in [1.29, 1.82) is 0 Å². The predicted octanol–water partition coefficient (Wildman–Crippen LogP) is 6.29. The largest absolute Gasteiger partial charge is 0.367 e. The second kappa shape index (κ2) is 10.5. The Labute approximate surface area is 189 Å². The first-order valence-corrected chi connectivity index (χ1v) is 11.3. The van der Waals surface area contributed by atoms with E-state index >= 15 is 0 Å². The molecule has 7 heteroatoms. The van der Waals surface area contributed by atoms with Gasteiger partial charge in [0.1, 0.15) is 29.6 Å². The molecule has 1 saturated heterocycles. The summed E-state index contributed by atoms with van der Waals surface area (Å²) in [6.07, 6.45) is 6.37. The Kier molecular flexibility index (Phi) is 7.93. The van der Waals surface area contributed by atoms with Crippen LogP contribution < -0.4 is 5.32 Å². The van der Waals surface area contributed by atoms with Crippen molar-refractivity contribution in [3.63, 3.8) is 0 Å². The molecule has 1 aliphatic rings. The molecule has 1 aliphatic heterocycles. The number of hydrogen-bond acceptors (Lipinski definition) is 4. The minimum atomic E-state index is -0.896. The Morgan fingerprint density at radius 1 is 1.12 bits per heavy atom. The number of rotatable bonds is 7. The molecule has 1 fully saturated rings. The summed E-state index contributed by atoms with van der Waals surface area (Å²) in [6, 6.07) is 1.23. The van der Waals surface area contributed by atoms with Crippen LogP contribution in [0.4, 0.5) is 19.0 Å². The van der Waals surface area contributed by atoms with Crippen LogP contribution in [0, 0.1) is 30.3 Å². The molecule has 0 radical (unpaired) electrons. The molecule has 2 heterocycles. The Morgan fingerprint density at radius 2 is 1.75 bits per heavy atom. The molecule has 0 spiro atoms. The molecule has 1 aromatic carbocycles. The van der Waals surface area contributed by atoms with Crippen molar-refractivity contribution in [1.82, 2.24) is 14.9 Å². The smallest absolute Gasteiger partial charge is 0.137 e. The van der Waals surface area contributed by atoms with Gasteiger partial charge in [0.25, 0.3) is 0 Å². The number of aromatic nitrogens is 2. The van der Waals surface area contributed by atoms with Crippen LogP contribution in [0.15, 0.2) is 24.0 Å². The Bertz CT molecular complexity index is 943. The number of nitrogens with zero attached hydrogens (tertiary/aromatic N) is 3. The van der Waals surface area contributed by atoms with E-state index in [2.05, 4.69) is 42.1 Å². The summed E-state index contributed by atoms with van der Waals surface area (Å²) in [5.41, 5.74) is 3.15. The maximum Gasteiger partial charge on any atom is 0.137 e. The number of allylic oxidation sites excluding steroid dienone is 1. The minimum Gasteiger partial charge on any atom is -0.367 e. The van der Waals surface area contributed by atoms with E-state index in [1.165, 1.54) is 5.57 Å². The second-order valence-electron chi connectivity index (χ2n) is 9.22. The lowest BCUT2D eigenvalue weighted by atomic mass is 9.98. The number of hydrogen-bond donors (Lipinski definition) is 1. The summed E-state index contributed by atoms with van der Waals surface area (Å²) in [6.45, 7) is 11.6. The van der Waals surface area contributed by atoms with Crippen molar-refractivity contribution in [2.75, 3.05) is 18.4 Å². The fourth-order valence-electron chi connectivity index (χ4n) is 4.48. The Hall–Kier alpha value is -2.41. The SMILES string of the molecule is C/C(=C\c1c(C)ncnc1NC1CCN(C(C)c2c(F)cc(F)cc2F)CC1)CC(C)C. The van der Waals surface area contributed by atoms with Crippen LogP contribution in [0.1, 0.15) is 69.8 Å². The van der Waals surface area contributed by atoms with Gasteiger partial charge in [-0.15, -0.1) is 0 Å². The van der Waals surface area contributed by atoms with Crippen molar-refractivity contribution in [2.45, 2.75) is 66.0 Å². The number of nitrogens with one attached hydrogen (secondary N) is 1. The Balaban J connectivity index is 1.68. The van der Waals surface area contributed by atoms with Crippen LogP contribution >= 0.6 is 0 Å². The zero-order valence-corrected chi connectivity index (χ0v) is 19.6. The third kappa shape index (κ3) is 5.88. The zero-order chi connectivity index (χ0) is 23.4. The predicted molar refractivity (Wildman–Crippen MR) is 123 cm³/mol. The normalized spacial score (nSPS) is 17.1. The number of halogens is 3. The van der Waals surface area contributed by atoms with Crippen molar-refractivity contribution >= 4 is 11.9 Å². The summed E-state index contributed by atoms with van der Waals surface area (Å²) < 4.78 is 41.7. The van der Waals surface area contributed by atoms with E-state index in [0.717, 1.165) is 48.5 Å². The van der Waals surface area contributed by atoms with Gasteiger partial charge >= 0.3 is 0 Å². The third-order valence-corrected chi connectivity index (χ3v) is 6.08. The van der Waals surface area contributed by atoms with Crippen molar-refractivity contribution in [3.8, 4) is 0 Å². The second-order valence-corrected chi connectivity index (χ2v) is 9.22. The van der Waals surface area contributed by atoms with Gasteiger partial charge in [-0.05, 0) is 46.0 Å². The van der Waals surface area contributed by atoms with Gasteiger partial charge in [-0.2, -0.15) is 0 Å². The van der Waals surface area contributed by atoms with E-state index in [1.54, 1.807) is 13.3 Å². The zero-order valence-electron chi connectivity index (χ0n) is 19.6. The number of piperidine rings is 1. The highest BCUT2D eigenvalue weighted by Gasteiger charge is 2.28. The third-order valence-electron chi connectivity index (χ3n) is 6.08. The van der Waals surface area contributed by atoms with Gasteiger partial charge in [0.15, 0.2) is 0 Å². The van der Waals surface area contributed by atoms with E-state index in [-0.39, 0.29) is 11.6 Å². The van der Waals surface area contributed by atoms with Crippen LogP contribution in [0.3, 0.4) is 0 Å². The van der Waals surface area contributed by atoms with E-state index in [0.29, 0.717) is 19.0 Å². The monoisotopic (exact) mass is 446 g/mol. The molecule has 0 aliphatic carbocycles. The summed E-state index contributed by atoms with van der Waals surface area (Å²) in [5.74, 6) is -1.16. The highest BCUT2D eigenvalue weighted by atomic mass is 19.1. The lowest BCUT2D eigenvalue weighted by Crippen LogP contribution is -2.41. The van der Waals surface area contributed by atoms with Gasteiger partial charge in [0, 0.05) is 48.4 Å². The lowest BCUT2D eigenvalue weighted by molar-refractivity contribution is 0.161. The molecule has 4 nitrogen and oxygen atoms in total. The molecule has 0 bridgehead atoms. The molecule has 0 amide bonds. The van der Waals surface area contributed by atoms with Crippen LogP contribution in [0.2, 0.25) is 0 Å². The number of likely N-dealkylation sites (tertiary alicyclic amines) is 1. The summed E-state index contributed by atoms with van der Waals surface area (Å²) >= 11 is 0. The van der Waals surface area contributed by atoms with E-state index < -0.39 is 23.5 Å². The fourth-order valence-corrected chi connectivity index (χ4v) is 4.48. The first kappa shape index (κ1) is 24.2. The van der Waals surface area contributed by atoms with Gasteiger partial charge in [0.2, 0.25) is 0 Å². The first-order chi connectivity index (χ1) is 15.2. The standard InChI is InChI=1S/C25H33F3N4/c1-15(2)10-16(3)11-21-17(4)29-14-30-25(21)31-20-6-8-32(9-7-20)18(5)24-22(27)12-19(26)13-23(24)28/h11-15,18,20H,6-10H2,1-5H3,(H,29,30,31)/b16-11+. The first-order valence-electron chi connectivity index (χ1n) is 11.3. The van der Waals surface area contributed by atoms with Crippen molar-refractivity contribution in [2.24, 2.45) is 5.92 Å². The van der Waals surface area contributed by atoms with Crippen LogP contribution in [-0.2, 0) is 0 Å². The van der Waals surface area contributed by atoms with Gasteiger partial charge in [0.05, 0.1) is 5.69 Å². The molecular formula is C25H33F3N4. The molecule has 0 saturated carbocycles. The van der Waals surface area contributed by atoms with Crippen molar-refractivity contribution < 1.29 is 13.2 Å². The average molecular weight is 447 g/mol. The molecular weight excluding hydrogens is 413 g/mol. The molecule has 174 valence electrons. The average Bonchev–Trinajstić information content (AvgIpc) is 2.69. The van der Waals surface area contributed by atoms with Gasteiger partial charge in [-0.25, -0.2) is 23.1 Å². The summed E-state index contributed by atoms with van der Waals surface area (Å²) in [7, 11) is 0. The molecule has 1 atom stereocenters. The topological polar surface area (TPSA) is 41.1 Å². The van der Waals surface area contributed by atoms with Gasteiger partial charge < -0.3 is 5.32 Å². The lowest BCUT2D eigenvalue weighted by Gasteiger charge is -2.37. The van der Waals surface area contributed by atoms with Crippen LogP contribution in [0.25, 0.3) is 6.08 Å². The van der Waals surface area contributed by atoms with Crippen molar-refractivity contribution in [3.05, 3.63) is 58.3 Å². The Morgan fingerprint density at radius 3 is 2.34 bits per heavy atom. The highest BCUT2D eigenvalue weighted by molar-refractivity contribution is 5.66. The molecule has 1 aromatic heterocycles. The quantitative estimate of drug-likeness (QED) is 0.543. The van der Waals surface area contributed by atoms with E-state index in [4.69, 9.17) is 0 Å². The number of anilines is 1. The van der Waals surface area contributed by atoms with E-state index in [9.17, 15) is 13.2 Å². The minimum absolute atomic E-state index is 0.0720. The molecule has 32 heavy (non-hydrogen) atoms. The molecule has 1 N–H and O–H groups in total. The molecule has 2 aromatic rings. The van der Waals surface area contributed by atoms with Crippen LogP contribution in [0.5, 0.6) is 0 Å². The number of aryl methyl sites for hydroxylation is 1. The van der Waals surface area contributed by atoms with Gasteiger partial charge in [-0.1, -0.05) is 25.5 Å². The fraction of sp³-hybridized carbons (Fsp3) is 0.520. The summed E-state index contributed by atoms with van der Waals surface area (Å²) in [4.78, 5) is 10.9. The number of benzene rings is 1. The molecule has 3 rings (SSSR count). The van der Waals surface area contributed by atoms with E-state index in [1.807, 2.05) is 11.8 Å². The summed E-state index contributed by atoms with van der Waals surface area (Å²) in [5, 5.41) is 3.56.